The number of aromatic nitrogens is 2. The van der Waals surface area contributed by atoms with Crippen molar-refractivity contribution < 1.29 is 4.74 Å². The molecule has 2 heterocycles. The molecule has 2 aromatic carbocycles. The summed E-state index contributed by atoms with van der Waals surface area (Å²) in [7, 11) is 1.68. The van der Waals surface area contributed by atoms with E-state index in [0.29, 0.717) is 0 Å². The van der Waals surface area contributed by atoms with Gasteiger partial charge in [0.25, 0.3) is 0 Å². The molecule has 1 aliphatic carbocycles. The molecule has 4 nitrogen and oxygen atoms in total. The van der Waals surface area contributed by atoms with Gasteiger partial charge in [-0.25, -0.2) is 4.98 Å². The van der Waals surface area contributed by atoms with Gasteiger partial charge in [-0.1, -0.05) is 48.1 Å². The zero-order chi connectivity index (χ0) is 20.7. The molecule has 1 aromatic heterocycles. The molecule has 0 saturated carbocycles. The van der Waals surface area contributed by atoms with Crippen molar-refractivity contribution in [2.45, 2.75) is 31.7 Å². The molecule has 4 heteroatoms. The van der Waals surface area contributed by atoms with Gasteiger partial charge in [-0.3, -0.25) is 0 Å². The molecule has 0 amide bonds. The van der Waals surface area contributed by atoms with Crippen LogP contribution < -0.4 is 4.74 Å². The predicted octanol–water partition coefficient (Wildman–Crippen LogP) is 5.61. The Morgan fingerprint density at radius 3 is 2.97 bits per heavy atom. The van der Waals surface area contributed by atoms with E-state index in [1.807, 2.05) is 18.2 Å². The molecule has 1 radical (unpaired) electrons. The van der Waals surface area contributed by atoms with Crippen LogP contribution in [0.15, 0.2) is 72.5 Å². The molecule has 1 fully saturated rings. The molecule has 1 N–H and O–H groups in total. The Morgan fingerprint density at radius 1 is 1.23 bits per heavy atom. The van der Waals surface area contributed by atoms with Crippen molar-refractivity contribution in [1.29, 1.82) is 0 Å². The van der Waals surface area contributed by atoms with Crippen molar-refractivity contribution in [1.82, 2.24) is 14.9 Å². The lowest BCUT2D eigenvalue weighted by atomic mass is 9.90. The average Bonchev–Trinajstić information content (AvgIpc) is 3.36. The van der Waals surface area contributed by atoms with Crippen LogP contribution >= 0.6 is 0 Å². The fourth-order valence-electron chi connectivity index (χ4n) is 4.47. The van der Waals surface area contributed by atoms with E-state index in [4.69, 9.17) is 9.72 Å². The number of H-pyrrole nitrogens is 1. The summed E-state index contributed by atoms with van der Waals surface area (Å²) in [5, 5.41) is 0. The Balaban J connectivity index is 1.48. The number of aryl methyl sites for hydroxylation is 1. The first-order valence-electron chi connectivity index (χ1n) is 10.4. The molecular formula is C26H26N3O. The van der Waals surface area contributed by atoms with Crippen molar-refractivity contribution in [2.24, 2.45) is 0 Å². The van der Waals surface area contributed by atoms with Crippen LogP contribution in [0.1, 0.15) is 41.8 Å². The zero-order valence-electron chi connectivity index (χ0n) is 17.5. The molecule has 151 valence electrons. The Labute approximate surface area is 177 Å². The van der Waals surface area contributed by atoms with Gasteiger partial charge < -0.3 is 14.6 Å². The molecule has 0 bridgehead atoms. The second-order valence-corrected chi connectivity index (χ2v) is 8.24. The van der Waals surface area contributed by atoms with Crippen molar-refractivity contribution >= 4 is 11.0 Å². The summed E-state index contributed by atoms with van der Waals surface area (Å²) < 4.78 is 5.35. The molecule has 1 unspecified atom stereocenters. The highest BCUT2D eigenvalue weighted by Gasteiger charge is 2.32. The molecule has 1 aliphatic heterocycles. The fraction of sp³-hybridized carbons (Fsp3) is 0.269. The smallest absolute Gasteiger partial charge is 0.130 e. The number of nitrogens with one attached hydrogen (secondary N) is 1. The number of hydrogen-bond acceptors (Lipinski definition) is 3. The van der Waals surface area contributed by atoms with Gasteiger partial charge in [0.05, 0.1) is 24.2 Å². The normalized spacial score (nSPS) is 21.3. The van der Waals surface area contributed by atoms with Gasteiger partial charge in [-0.15, -0.1) is 0 Å². The molecule has 1 saturated heterocycles. The third-order valence-corrected chi connectivity index (χ3v) is 6.00. The van der Waals surface area contributed by atoms with E-state index in [0.717, 1.165) is 47.7 Å². The van der Waals surface area contributed by atoms with Crippen molar-refractivity contribution in [3.8, 4) is 5.75 Å². The minimum absolute atomic E-state index is 0.138. The van der Waals surface area contributed by atoms with Crippen LogP contribution in [0.4, 0.5) is 0 Å². The van der Waals surface area contributed by atoms with Gasteiger partial charge >= 0.3 is 0 Å². The van der Waals surface area contributed by atoms with Crippen LogP contribution in [-0.2, 0) is 0 Å². The molecule has 3 aromatic rings. The third-order valence-electron chi connectivity index (χ3n) is 6.00. The number of rotatable bonds is 4. The number of imidazole rings is 1. The number of methoxy groups -OCH3 is 1. The molecular weight excluding hydrogens is 370 g/mol. The Bertz CT molecular complexity index is 1170. The molecule has 5 rings (SSSR count). The minimum Gasteiger partial charge on any atom is -0.497 e. The van der Waals surface area contributed by atoms with Crippen LogP contribution in [-0.4, -0.2) is 28.5 Å². The Morgan fingerprint density at radius 2 is 2.13 bits per heavy atom. The number of allylic oxidation sites excluding steroid dienone is 3. The maximum absolute atomic E-state index is 5.35. The third kappa shape index (κ3) is 3.43. The summed E-state index contributed by atoms with van der Waals surface area (Å²) in [4.78, 5) is 10.8. The van der Waals surface area contributed by atoms with E-state index in [1.54, 1.807) is 7.11 Å². The number of nitrogens with zero attached hydrogens (tertiary/aromatic N) is 2. The van der Waals surface area contributed by atoms with Crippen LogP contribution in [0.5, 0.6) is 5.75 Å². The van der Waals surface area contributed by atoms with Crippen molar-refractivity contribution in [3.05, 3.63) is 95.5 Å². The molecule has 2 aliphatic rings. The maximum Gasteiger partial charge on any atom is 0.130 e. The lowest BCUT2D eigenvalue weighted by molar-refractivity contribution is 0.322. The highest BCUT2D eigenvalue weighted by atomic mass is 16.5. The number of benzene rings is 2. The summed E-state index contributed by atoms with van der Waals surface area (Å²) in [5.74, 6) is 2.07. The second-order valence-electron chi connectivity index (χ2n) is 8.24. The first-order valence-corrected chi connectivity index (χ1v) is 10.4. The van der Waals surface area contributed by atoms with Gasteiger partial charge in [-0.05, 0) is 49.6 Å². The quantitative estimate of drug-likeness (QED) is 0.583. The Hall–Kier alpha value is -3.27. The highest BCUT2D eigenvalue weighted by molar-refractivity contribution is 5.77. The van der Waals surface area contributed by atoms with E-state index < -0.39 is 0 Å². The summed E-state index contributed by atoms with van der Waals surface area (Å²) in [6.07, 6.45) is 10.1. The lowest BCUT2D eigenvalue weighted by Gasteiger charge is -2.29. The topological polar surface area (TPSA) is 41.1 Å². The van der Waals surface area contributed by atoms with Crippen molar-refractivity contribution in [3.63, 3.8) is 0 Å². The van der Waals surface area contributed by atoms with E-state index in [2.05, 4.69) is 65.9 Å². The van der Waals surface area contributed by atoms with Crippen molar-refractivity contribution in [2.75, 3.05) is 13.7 Å². The zero-order valence-corrected chi connectivity index (χ0v) is 17.5. The first kappa shape index (κ1) is 18.7. The Kier molecular flexibility index (Phi) is 4.70. The van der Waals surface area contributed by atoms with Crippen LogP contribution in [0.3, 0.4) is 0 Å². The highest BCUT2D eigenvalue weighted by Crippen LogP contribution is 2.39. The van der Waals surface area contributed by atoms with Gasteiger partial charge in [0.1, 0.15) is 11.6 Å². The summed E-state index contributed by atoms with van der Waals surface area (Å²) in [6.45, 7) is 7.25. The lowest BCUT2D eigenvalue weighted by Crippen LogP contribution is -2.24. The number of aromatic amines is 1. The SMILES string of the molecule is C=C1C[C@@H](c2nc3cc(OC)ccc3[nH]2)N(C2=[C]C(c3cccc(C)c3)CC=C2)C1. The monoisotopic (exact) mass is 396 g/mol. The molecule has 0 spiro atoms. The maximum atomic E-state index is 5.35. The van der Waals surface area contributed by atoms with Crippen LogP contribution in [0, 0.1) is 13.0 Å². The summed E-state index contributed by atoms with van der Waals surface area (Å²) >= 11 is 0. The van der Waals surface area contributed by atoms with Crippen LogP contribution in [0.2, 0.25) is 0 Å². The number of fused-ring (bicyclic) bond motifs is 1. The summed E-state index contributed by atoms with van der Waals surface area (Å²) in [5.41, 5.74) is 6.92. The molecule has 2 atom stereocenters. The van der Waals surface area contributed by atoms with Crippen LogP contribution in [0.25, 0.3) is 11.0 Å². The van der Waals surface area contributed by atoms with Gasteiger partial charge in [0, 0.05) is 24.2 Å². The fourth-order valence-corrected chi connectivity index (χ4v) is 4.47. The predicted molar refractivity (Wildman–Crippen MR) is 120 cm³/mol. The second kappa shape index (κ2) is 7.52. The molecule has 30 heavy (non-hydrogen) atoms. The number of likely N-dealkylation sites (tertiary alicyclic amines) is 1. The summed E-state index contributed by atoms with van der Waals surface area (Å²) in [6, 6.07) is 14.8. The number of ether oxygens (including phenoxy) is 1. The number of hydrogen-bond donors (Lipinski definition) is 1. The van der Waals surface area contributed by atoms with E-state index in [-0.39, 0.29) is 12.0 Å². The van der Waals surface area contributed by atoms with E-state index in [9.17, 15) is 0 Å². The van der Waals surface area contributed by atoms with E-state index >= 15 is 0 Å². The van der Waals surface area contributed by atoms with E-state index in [1.165, 1.54) is 16.7 Å². The van der Waals surface area contributed by atoms with Gasteiger partial charge in [0.15, 0.2) is 0 Å². The first-order chi connectivity index (χ1) is 14.6. The minimum atomic E-state index is 0.138. The average molecular weight is 397 g/mol. The van der Waals surface area contributed by atoms with Gasteiger partial charge in [0.2, 0.25) is 0 Å². The standard InChI is InChI=1S/C26H26N3O/c1-17-6-4-7-19(12-17)20-8-5-9-21(14-20)29-16-18(2)13-25(29)26-27-23-11-10-22(30-3)15-24(23)28-26/h4-7,9-12,15,20,25H,2,8,13,16H2,1,3H3,(H,27,28)/t20?,25-/m0/s1. The van der Waals surface area contributed by atoms with Gasteiger partial charge in [-0.2, -0.15) is 0 Å². The largest absolute Gasteiger partial charge is 0.497 e.